The standard InChI is InChI=1S/C19H39N5OS/c1-6-14(11-21-19(25)20-8-3)16(7-2)26-15-9-10-17-22-23-18(13(4)5)24(17)12-15/h13-18,22-23H,6-12H2,1-5H3,(H2,20,21,25). The number of rotatable bonds is 9. The smallest absolute Gasteiger partial charge is 0.314 e. The first-order valence-electron chi connectivity index (χ1n) is 10.4. The van der Waals surface area contributed by atoms with E-state index in [4.69, 9.17) is 0 Å². The zero-order valence-corrected chi connectivity index (χ0v) is 18.0. The first kappa shape index (κ1) is 21.8. The molecule has 0 aliphatic carbocycles. The van der Waals surface area contributed by atoms with Gasteiger partial charge >= 0.3 is 6.03 Å². The number of nitrogens with zero attached hydrogens (tertiary/aromatic N) is 1. The first-order valence-corrected chi connectivity index (χ1v) is 11.4. The average Bonchev–Trinajstić information content (AvgIpc) is 3.04. The molecule has 2 fully saturated rings. The van der Waals surface area contributed by atoms with Gasteiger partial charge in [-0.05, 0) is 38.0 Å². The fourth-order valence-corrected chi connectivity index (χ4v) is 5.85. The molecule has 0 bridgehead atoms. The van der Waals surface area contributed by atoms with Crippen LogP contribution >= 0.6 is 11.8 Å². The molecule has 5 unspecified atom stereocenters. The highest BCUT2D eigenvalue weighted by Crippen LogP contribution is 2.35. The number of hydrazine groups is 1. The second-order valence-corrected chi connectivity index (χ2v) is 9.43. The lowest BCUT2D eigenvalue weighted by Crippen LogP contribution is -2.49. The van der Waals surface area contributed by atoms with E-state index in [9.17, 15) is 4.79 Å². The number of amides is 2. The summed E-state index contributed by atoms with van der Waals surface area (Å²) in [5, 5.41) is 7.16. The monoisotopic (exact) mass is 385 g/mol. The van der Waals surface area contributed by atoms with Crippen molar-refractivity contribution in [1.82, 2.24) is 26.4 Å². The number of carbonyl (C=O) groups excluding carboxylic acids is 1. The largest absolute Gasteiger partial charge is 0.338 e. The Morgan fingerprint density at radius 1 is 1.15 bits per heavy atom. The number of nitrogens with one attached hydrogen (secondary N) is 4. The molecule has 6 nitrogen and oxygen atoms in total. The number of hydrogen-bond donors (Lipinski definition) is 4. The van der Waals surface area contributed by atoms with E-state index in [1.165, 1.54) is 12.8 Å². The van der Waals surface area contributed by atoms with Crippen LogP contribution in [0.1, 0.15) is 60.3 Å². The molecule has 0 aromatic rings. The molecule has 2 saturated heterocycles. The van der Waals surface area contributed by atoms with Crippen molar-refractivity contribution in [3.05, 3.63) is 0 Å². The van der Waals surface area contributed by atoms with Crippen molar-refractivity contribution < 1.29 is 4.79 Å². The predicted molar refractivity (Wildman–Crippen MR) is 111 cm³/mol. The van der Waals surface area contributed by atoms with Crippen molar-refractivity contribution in [2.24, 2.45) is 11.8 Å². The summed E-state index contributed by atoms with van der Waals surface area (Å²) in [4.78, 5) is 14.4. The van der Waals surface area contributed by atoms with Gasteiger partial charge in [-0.15, -0.1) is 0 Å². The summed E-state index contributed by atoms with van der Waals surface area (Å²) in [6.07, 6.45) is 5.66. The minimum Gasteiger partial charge on any atom is -0.338 e. The topological polar surface area (TPSA) is 68.4 Å². The number of urea groups is 1. The molecule has 4 N–H and O–H groups in total. The lowest BCUT2D eigenvalue weighted by atomic mass is 10.0. The highest BCUT2D eigenvalue weighted by Gasteiger charge is 2.39. The maximum Gasteiger partial charge on any atom is 0.314 e. The molecule has 2 aliphatic rings. The summed E-state index contributed by atoms with van der Waals surface area (Å²) in [6, 6.07) is -0.0414. The van der Waals surface area contributed by atoms with Crippen LogP contribution < -0.4 is 21.5 Å². The van der Waals surface area contributed by atoms with Gasteiger partial charge < -0.3 is 10.6 Å². The Morgan fingerprint density at radius 2 is 1.92 bits per heavy atom. The highest BCUT2D eigenvalue weighted by molar-refractivity contribution is 8.00. The Labute approximate surface area is 164 Å². The van der Waals surface area contributed by atoms with E-state index >= 15 is 0 Å². The number of piperidine rings is 1. The lowest BCUT2D eigenvalue weighted by Gasteiger charge is -2.39. The minimum absolute atomic E-state index is 0.0414. The van der Waals surface area contributed by atoms with Crippen molar-refractivity contribution in [1.29, 1.82) is 0 Å². The van der Waals surface area contributed by atoms with Crippen LogP contribution in [-0.2, 0) is 0 Å². The quantitative estimate of drug-likeness (QED) is 0.491. The van der Waals surface area contributed by atoms with E-state index in [-0.39, 0.29) is 6.03 Å². The molecule has 26 heavy (non-hydrogen) atoms. The van der Waals surface area contributed by atoms with Crippen LogP contribution in [-0.4, -0.2) is 53.4 Å². The molecule has 2 aliphatic heterocycles. The van der Waals surface area contributed by atoms with E-state index in [2.05, 4.69) is 65.8 Å². The van der Waals surface area contributed by atoms with Gasteiger partial charge in [0.1, 0.15) is 0 Å². The fourth-order valence-electron chi connectivity index (χ4n) is 4.12. The Hall–Kier alpha value is -0.500. The maximum absolute atomic E-state index is 11.7. The normalized spacial score (nSPS) is 28.6. The van der Waals surface area contributed by atoms with Crippen molar-refractivity contribution in [2.45, 2.75) is 83.1 Å². The van der Waals surface area contributed by atoms with Gasteiger partial charge in [0.25, 0.3) is 0 Å². The minimum atomic E-state index is -0.0414. The van der Waals surface area contributed by atoms with Crippen LogP contribution in [0.15, 0.2) is 0 Å². The third kappa shape index (κ3) is 5.75. The molecule has 0 aromatic heterocycles. The van der Waals surface area contributed by atoms with Gasteiger partial charge in [0, 0.05) is 30.1 Å². The summed E-state index contributed by atoms with van der Waals surface area (Å²) in [7, 11) is 0. The molecule has 0 radical (unpaired) electrons. The van der Waals surface area contributed by atoms with Gasteiger partial charge in [-0.1, -0.05) is 34.1 Å². The Kier molecular flexibility index (Phi) is 9.00. The van der Waals surface area contributed by atoms with Crippen LogP contribution in [0.5, 0.6) is 0 Å². The Bertz CT molecular complexity index is 436. The van der Waals surface area contributed by atoms with Crippen molar-refractivity contribution >= 4 is 17.8 Å². The second-order valence-electron chi connectivity index (χ2n) is 7.88. The Morgan fingerprint density at radius 3 is 2.54 bits per heavy atom. The molecule has 2 heterocycles. The zero-order valence-electron chi connectivity index (χ0n) is 17.2. The van der Waals surface area contributed by atoms with Crippen molar-refractivity contribution in [3.63, 3.8) is 0 Å². The molecule has 152 valence electrons. The van der Waals surface area contributed by atoms with Crippen molar-refractivity contribution in [3.8, 4) is 0 Å². The van der Waals surface area contributed by atoms with E-state index < -0.39 is 0 Å². The molecule has 0 saturated carbocycles. The predicted octanol–water partition coefficient (Wildman–Crippen LogP) is 2.72. The summed E-state index contributed by atoms with van der Waals surface area (Å²) in [6.45, 7) is 13.6. The lowest BCUT2D eigenvalue weighted by molar-refractivity contribution is 0.118. The van der Waals surface area contributed by atoms with Crippen LogP contribution in [0.25, 0.3) is 0 Å². The van der Waals surface area contributed by atoms with E-state index in [0.717, 1.165) is 25.9 Å². The third-order valence-corrected chi connectivity index (χ3v) is 7.48. The van der Waals surface area contributed by atoms with E-state index in [0.29, 0.717) is 41.2 Å². The summed E-state index contributed by atoms with van der Waals surface area (Å²) in [5.41, 5.74) is 6.95. The molecule has 7 heteroatoms. The highest BCUT2D eigenvalue weighted by atomic mass is 32.2. The van der Waals surface area contributed by atoms with Gasteiger partial charge in [0.05, 0.1) is 12.3 Å². The number of thioether (sulfide) groups is 1. The maximum atomic E-state index is 11.7. The molecular formula is C19H39N5OS. The van der Waals surface area contributed by atoms with Gasteiger partial charge in [0.2, 0.25) is 0 Å². The van der Waals surface area contributed by atoms with E-state index in [1.807, 2.05) is 6.92 Å². The summed E-state index contributed by atoms with van der Waals surface area (Å²) in [5.74, 6) is 1.13. The van der Waals surface area contributed by atoms with Crippen LogP contribution in [0.2, 0.25) is 0 Å². The van der Waals surface area contributed by atoms with Crippen LogP contribution in [0.3, 0.4) is 0 Å². The average molecular weight is 386 g/mol. The van der Waals surface area contributed by atoms with Gasteiger partial charge in [-0.25, -0.2) is 15.6 Å². The SMILES string of the molecule is CCNC(=O)NCC(CC)C(CC)SC1CCC2NNC(C(C)C)N2C1. The van der Waals surface area contributed by atoms with Gasteiger partial charge in [-0.3, -0.25) is 4.90 Å². The fraction of sp³-hybridized carbons (Fsp3) is 0.947. The molecule has 2 amide bonds. The summed E-state index contributed by atoms with van der Waals surface area (Å²) >= 11 is 2.16. The molecule has 2 rings (SSSR count). The molecule has 0 spiro atoms. The molecule has 5 atom stereocenters. The molecular weight excluding hydrogens is 346 g/mol. The van der Waals surface area contributed by atoms with Crippen LogP contribution in [0.4, 0.5) is 4.79 Å². The number of hydrogen-bond acceptors (Lipinski definition) is 5. The van der Waals surface area contributed by atoms with Gasteiger partial charge in [-0.2, -0.15) is 11.8 Å². The van der Waals surface area contributed by atoms with E-state index in [1.54, 1.807) is 0 Å². The van der Waals surface area contributed by atoms with Gasteiger partial charge in [0.15, 0.2) is 0 Å². The number of fused-ring (bicyclic) bond motifs is 1. The number of carbonyl (C=O) groups is 1. The first-order chi connectivity index (χ1) is 12.5. The Balaban J connectivity index is 1.88. The van der Waals surface area contributed by atoms with Crippen LogP contribution in [0, 0.1) is 11.8 Å². The third-order valence-electron chi connectivity index (χ3n) is 5.65. The molecule has 0 aromatic carbocycles. The second kappa shape index (κ2) is 10.7. The van der Waals surface area contributed by atoms with Crippen molar-refractivity contribution in [2.75, 3.05) is 19.6 Å². The zero-order chi connectivity index (χ0) is 19.1. The summed E-state index contributed by atoms with van der Waals surface area (Å²) < 4.78 is 0.